The first-order valence-electron chi connectivity index (χ1n) is 19.6. The molecule has 320 valence electrons. The molecule has 4 amide bonds. The van der Waals surface area contributed by atoms with Gasteiger partial charge in [-0.15, -0.1) is 0 Å². The largest absolute Gasteiger partial charge is 0.392 e. The van der Waals surface area contributed by atoms with Gasteiger partial charge in [0.05, 0.1) is 56.2 Å². The molecule has 0 aliphatic rings. The molecule has 6 rings (SSSR count). The van der Waals surface area contributed by atoms with E-state index in [1.54, 1.807) is 50.2 Å². The van der Waals surface area contributed by atoms with Crippen molar-refractivity contribution < 1.29 is 39.6 Å². The minimum atomic E-state index is -2.77. The predicted octanol–water partition coefficient (Wildman–Crippen LogP) is 0.904. The second-order valence-corrected chi connectivity index (χ2v) is 15.3. The number of aromatic nitrogens is 4. The molecule has 18 nitrogen and oxygen atoms in total. The quantitative estimate of drug-likeness (QED) is 0.0712. The van der Waals surface area contributed by atoms with E-state index in [1.807, 2.05) is 0 Å². The van der Waals surface area contributed by atoms with E-state index in [2.05, 4.69) is 31.2 Å². The van der Waals surface area contributed by atoms with Crippen LogP contribution >= 0.6 is 0 Å². The first-order chi connectivity index (χ1) is 28.9. The van der Waals surface area contributed by atoms with Crippen molar-refractivity contribution in [3.8, 4) is 0 Å². The fraction of sp³-hybridized carbons (Fsp3) is 0.349. The maximum Gasteiger partial charge on any atom is 0.273 e. The number of aliphatic hydroxyl groups is 4. The number of carbonyl (C=O) groups is 4. The van der Waals surface area contributed by atoms with E-state index in [1.165, 1.54) is 40.1 Å². The molecule has 0 radical (unpaired) electrons. The standard InChI is InChI=1S/C43H48N8O10/c1-22-10-7-12-26-16-28-34(48-32(22)26)30(36(54)46-18-24(3)52)20-50(38(28)56)42(60,40(58)44-5)14-9-15-43(61,41(59)45-6)51-21-31(37(55)47-19-25(4)53)35-29(39(51)57)17-27-13-8-11-23(2)33(27)49-35/h7-8,10-13,16-17,20-21,24-25,52-53,60-61H,9,14-15,18-19H2,1-6H3,(H,44,58)(H,45,59)(H,46,54)(H,47,55). The molecule has 6 aromatic rings. The third-order valence-electron chi connectivity index (χ3n) is 10.7. The van der Waals surface area contributed by atoms with E-state index in [0.717, 1.165) is 23.5 Å². The van der Waals surface area contributed by atoms with Crippen molar-refractivity contribution in [1.29, 1.82) is 0 Å². The monoisotopic (exact) mass is 836 g/mol. The second-order valence-electron chi connectivity index (χ2n) is 15.3. The molecule has 0 aliphatic carbocycles. The minimum Gasteiger partial charge on any atom is -0.392 e. The highest BCUT2D eigenvalue weighted by Crippen LogP contribution is 2.30. The summed E-state index contributed by atoms with van der Waals surface area (Å²) in [5, 5.41) is 55.1. The fourth-order valence-electron chi connectivity index (χ4n) is 7.41. The molecule has 0 spiro atoms. The number of hydrogen-bond acceptors (Lipinski definition) is 12. The number of amides is 4. The molecule has 0 saturated carbocycles. The molecule has 4 heterocycles. The van der Waals surface area contributed by atoms with Gasteiger partial charge in [-0.2, -0.15) is 0 Å². The third kappa shape index (κ3) is 8.17. The van der Waals surface area contributed by atoms with Gasteiger partial charge in [-0.05, 0) is 57.4 Å². The van der Waals surface area contributed by atoms with Crippen molar-refractivity contribution in [3.63, 3.8) is 0 Å². The highest BCUT2D eigenvalue weighted by atomic mass is 16.3. The van der Waals surface area contributed by atoms with Gasteiger partial charge in [-0.3, -0.25) is 37.9 Å². The van der Waals surface area contributed by atoms with Crippen molar-refractivity contribution in [2.24, 2.45) is 0 Å². The number of likely N-dealkylation sites (N-methyl/N-ethyl adjacent to an activating group) is 2. The van der Waals surface area contributed by atoms with E-state index in [4.69, 9.17) is 0 Å². The van der Waals surface area contributed by atoms with Crippen LogP contribution in [0.15, 0.2) is 70.5 Å². The van der Waals surface area contributed by atoms with Gasteiger partial charge in [0, 0.05) is 63.2 Å². The maximum absolute atomic E-state index is 14.4. The van der Waals surface area contributed by atoms with Gasteiger partial charge in [-0.1, -0.05) is 36.4 Å². The van der Waals surface area contributed by atoms with Gasteiger partial charge in [0.15, 0.2) is 0 Å². The van der Waals surface area contributed by atoms with Gasteiger partial charge in [-0.25, -0.2) is 9.97 Å². The zero-order valence-electron chi connectivity index (χ0n) is 34.5. The Morgan fingerprint density at radius 1 is 0.656 bits per heavy atom. The predicted molar refractivity (Wildman–Crippen MR) is 227 cm³/mol. The number of benzene rings is 2. The Kier molecular flexibility index (Phi) is 12.4. The molecule has 4 unspecified atom stereocenters. The summed E-state index contributed by atoms with van der Waals surface area (Å²) in [6, 6.07) is 13.5. The van der Waals surface area contributed by atoms with Crippen LogP contribution < -0.4 is 32.4 Å². The Hall–Kier alpha value is -6.60. The van der Waals surface area contributed by atoms with E-state index in [9.17, 15) is 49.2 Å². The van der Waals surface area contributed by atoms with Crippen LogP contribution in [0.4, 0.5) is 0 Å². The molecule has 4 aromatic heterocycles. The summed E-state index contributed by atoms with van der Waals surface area (Å²) in [4.78, 5) is 92.8. The number of aryl methyl sites for hydroxylation is 2. The van der Waals surface area contributed by atoms with Crippen LogP contribution in [0, 0.1) is 13.8 Å². The molecule has 61 heavy (non-hydrogen) atoms. The summed E-state index contributed by atoms with van der Waals surface area (Å²) in [6.07, 6.45) is -1.66. The SMILES string of the molecule is CNC(=O)C(O)(CCCC(O)(C(=O)NC)n1cc(C(=O)NCC(C)O)c2nc3c(C)cccc3cc2c1=O)n1cc(C(=O)NCC(C)O)c2nc3c(C)cccc3cc2c1=O. The normalized spacial score (nSPS) is 14.6. The number of hydrogen-bond donors (Lipinski definition) is 8. The van der Waals surface area contributed by atoms with Gasteiger partial charge < -0.3 is 41.7 Å². The van der Waals surface area contributed by atoms with Crippen LogP contribution in [-0.2, 0) is 21.0 Å². The number of nitrogens with one attached hydrogen (secondary N) is 4. The van der Waals surface area contributed by atoms with Crippen molar-refractivity contribution in [2.45, 2.75) is 70.6 Å². The number of nitrogens with zero attached hydrogens (tertiary/aromatic N) is 4. The Morgan fingerprint density at radius 2 is 1.03 bits per heavy atom. The molecular weight excluding hydrogens is 789 g/mol. The lowest BCUT2D eigenvalue weighted by atomic mass is 9.97. The lowest BCUT2D eigenvalue weighted by Gasteiger charge is -2.32. The van der Waals surface area contributed by atoms with Gasteiger partial charge in [0.2, 0.25) is 11.4 Å². The second kappa shape index (κ2) is 17.2. The minimum absolute atomic E-state index is 0.0270. The number of para-hydroxylation sites is 2. The van der Waals surface area contributed by atoms with Crippen LogP contribution in [0.25, 0.3) is 43.6 Å². The Bertz CT molecular complexity index is 2680. The highest BCUT2D eigenvalue weighted by molar-refractivity contribution is 6.09. The zero-order chi connectivity index (χ0) is 44.6. The summed E-state index contributed by atoms with van der Waals surface area (Å²) in [5.74, 6) is -3.72. The number of fused-ring (bicyclic) bond motifs is 4. The third-order valence-corrected chi connectivity index (χ3v) is 10.7. The van der Waals surface area contributed by atoms with Gasteiger partial charge in [0.1, 0.15) is 0 Å². The van der Waals surface area contributed by atoms with Crippen LogP contribution in [0.3, 0.4) is 0 Å². The summed E-state index contributed by atoms with van der Waals surface area (Å²) in [7, 11) is 2.43. The Morgan fingerprint density at radius 3 is 1.38 bits per heavy atom. The Labute approximate surface area is 348 Å². The van der Waals surface area contributed by atoms with Crippen LogP contribution in [0.5, 0.6) is 0 Å². The summed E-state index contributed by atoms with van der Waals surface area (Å²) in [5.41, 5.74) is -5.31. The van der Waals surface area contributed by atoms with E-state index in [0.29, 0.717) is 30.9 Å². The molecule has 4 atom stereocenters. The lowest BCUT2D eigenvalue weighted by Crippen LogP contribution is -2.54. The Balaban J connectivity index is 1.49. The molecule has 0 saturated heterocycles. The zero-order valence-corrected chi connectivity index (χ0v) is 34.5. The van der Waals surface area contributed by atoms with Gasteiger partial charge in [0.25, 0.3) is 34.7 Å². The molecule has 0 fully saturated rings. The lowest BCUT2D eigenvalue weighted by molar-refractivity contribution is -0.157. The average Bonchev–Trinajstić information content (AvgIpc) is 3.23. The summed E-state index contributed by atoms with van der Waals surface area (Å²) < 4.78 is 1.36. The molecule has 8 N–H and O–H groups in total. The molecule has 18 heteroatoms. The first-order valence-corrected chi connectivity index (χ1v) is 19.6. The van der Waals surface area contributed by atoms with Crippen molar-refractivity contribution in [3.05, 3.63) is 104 Å². The summed E-state index contributed by atoms with van der Waals surface area (Å²) in [6.45, 7) is 6.18. The fourth-order valence-corrected chi connectivity index (χ4v) is 7.41. The topological polar surface area (TPSA) is 267 Å². The van der Waals surface area contributed by atoms with Crippen molar-refractivity contribution in [1.82, 2.24) is 40.4 Å². The molecule has 0 aliphatic heterocycles. The van der Waals surface area contributed by atoms with E-state index < -0.39 is 77.7 Å². The number of carbonyl (C=O) groups excluding carboxylic acids is 4. The molecule has 2 aromatic carbocycles. The average molecular weight is 837 g/mol. The van der Waals surface area contributed by atoms with Crippen molar-refractivity contribution >= 4 is 67.2 Å². The molecule has 0 bridgehead atoms. The van der Waals surface area contributed by atoms with E-state index >= 15 is 0 Å². The smallest absolute Gasteiger partial charge is 0.273 e. The number of rotatable bonds is 14. The van der Waals surface area contributed by atoms with Crippen LogP contribution in [0.2, 0.25) is 0 Å². The number of pyridine rings is 4. The number of aliphatic hydroxyl groups excluding tert-OH is 2. The van der Waals surface area contributed by atoms with Crippen LogP contribution in [-0.4, -0.2) is 103 Å². The van der Waals surface area contributed by atoms with Crippen LogP contribution in [0.1, 0.15) is 65.0 Å². The maximum atomic E-state index is 14.4. The summed E-state index contributed by atoms with van der Waals surface area (Å²) >= 11 is 0. The highest BCUT2D eigenvalue weighted by Gasteiger charge is 2.43. The first kappa shape index (κ1) is 44.0. The van der Waals surface area contributed by atoms with Gasteiger partial charge >= 0.3 is 0 Å². The van der Waals surface area contributed by atoms with E-state index in [-0.39, 0.29) is 46.0 Å². The molecular formula is C43H48N8O10. The van der Waals surface area contributed by atoms with Crippen molar-refractivity contribution in [2.75, 3.05) is 27.2 Å².